The van der Waals surface area contributed by atoms with Gasteiger partial charge in [-0.25, -0.2) is 0 Å². The van der Waals surface area contributed by atoms with Crippen LogP contribution in [0.3, 0.4) is 0 Å². The zero-order valence-corrected chi connectivity index (χ0v) is 19.3. The van der Waals surface area contributed by atoms with Gasteiger partial charge < -0.3 is 24.6 Å². The van der Waals surface area contributed by atoms with Gasteiger partial charge in [0.05, 0.1) is 7.11 Å². The van der Waals surface area contributed by atoms with Crippen LogP contribution >= 0.6 is 0 Å². The summed E-state index contributed by atoms with van der Waals surface area (Å²) in [6.07, 6.45) is 0.967. The van der Waals surface area contributed by atoms with Gasteiger partial charge in [0.25, 0.3) is 0 Å². The molecule has 0 saturated carbocycles. The van der Waals surface area contributed by atoms with Gasteiger partial charge >= 0.3 is 0 Å². The molecule has 0 amide bonds. The average Bonchev–Trinajstić information content (AvgIpc) is 3.11. The van der Waals surface area contributed by atoms with Gasteiger partial charge in [0.1, 0.15) is 17.1 Å². The molecule has 2 aromatic rings. The van der Waals surface area contributed by atoms with Crippen LogP contribution in [0.25, 0.3) is 0 Å². The molecule has 5 nitrogen and oxygen atoms in total. The molecule has 0 bridgehead atoms. The first-order chi connectivity index (χ1) is 14.4. The van der Waals surface area contributed by atoms with Gasteiger partial charge in [-0.2, -0.15) is 0 Å². The second kappa shape index (κ2) is 8.03. The molecule has 1 N–H and O–H groups in total. The number of methoxy groups -OCH3 is 1. The smallest absolute Gasteiger partial charge is 0.127 e. The number of piperazine rings is 1. The number of ether oxygens (including phenoxy) is 2. The fourth-order valence-electron chi connectivity index (χ4n) is 5.10. The summed E-state index contributed by atoms with van der Waals surface area (Å²) in [5, 5.41) is 3.30. The second-order valence-corrected chi connectivity index (χ2v) is 8.96. The maximum absolute atomic E-state index is 6.46. The molecular formula is C25H35N3O2. The highest BCUT2D eigenvalue weighted by atomic mass is 16.5. The van der Waals surface area contributed by atoms with Crippen molar-refractivity contribution in [3.63, 3.8) is 0 Å². The fraction of sp³-hybridized carbons (Fsp3) is 0.520. The number of fused-ring (bicyclic) bond motifs is 1. The number of nitrogens with zero attached hydrogens (tertiary/aromatic N) is 2. The zero-order valence-electron chi connectivity index (χ0n) is 19.3. The van der Waals surface area contributed by atoms with Gasteiger partial charge in [-0.05, 0) is 75.7 Å². The highest BCUT2D eigenvalue weighted by molar-refractivity contribution is 5.70. The largest absolute Gasteiger partial charge is 0.497 e. The summed E-state index contributed by atoms with van der Waals surface area (Å²) in [5.41, 5.74) is 7.96. The molecule has 2 heterocycles. The zero-order chi connectivity index (χ0) is 21.5. The molecule has 0 radical (unpaired) electrons. The van der Waals surface area contributed by atoms with E-state index in [2.05, 4.69) is 54.9 Å². The summed E-state index contributed by atoms with van der Waals surface area (Å²) in [4.78, 5) is 5.04. The van der Waals surface area contributed by atoms with E-state index >= 15 is 0 Å². The van der Waals surface area contributed by atoms with Crippen LogP contribution in [-0.2, 0) is 6.42 Å². The van der Waals surface area contributed by atoms with E-state index in [1.165, 1.54) is 33.6 Å². The minimum Gasteiger partial charge on any atom is -0.497 e. The van der Waals surface area contributed by atoms with Crippen LogP contribution < -0.4 is 24.6 Å². The van der Waals surface area contributed by atoms with E-state index < -0.39 is 0 Å². The van der Waals surface area contributed by atoms with Crippen molar-refractivity contribution in [2.45, 2.75) is 39.7 Å². The van der Waals surface area contributed by atoms with Gasteiger partial charge in [-0.3, -0.25) is 0 Å². The van der Waals surface area contributed by atoms with Crippen molar-refractivity contribution in [2.75, 3.05) is 56.7 Å². The Hall–Kier alpha value is -2.40. The molecule has 2 aliphatic heterocycles. The Morgan fingerprint density at radius 1 is 0.967 bits per heavy atom. The summed E-state index contributed by atoms with van der Waals surface area (Å²) in [7, 11) is 3.71. The van der Waals surface area contributed by atoms with Gasteiger partial charge in [-0.1, -0.05) is 0 Å². The molecule has 162 valence electrons. The number of nitrogens with one attached hydrogen (secondary N) is 1. The predicted molar refractivity (Wildman–Crippen MR) is 125 cm³/mol. The summed E-state index contributed by atoms with van der Waals surface area (Å²) < 4.78 is 11.8. The van der Waals surface area contributed by atoms with Gasteiger partial charge in [0.15, 0.2) is 0 Å². The molecule has 4 rings (SSSR count). The van der Waals surface area contributed by atoms with Crippen molar-refractivity contribution < 1.29 is 9.47 Å². The van der Waals surface area contributed by atoms with Gasteiger partial charge in [0, 0.05) is 56.1 Å². The summed E-state index contributed by atoms with van der Waals surface area (Å²) in [6, 6.07) is 8.40. The van der Waals surface area contributed by atoms with Crippen molar-refractivity contribution in [3.8, 4) is 11.5 Å². The van der Waals surface area contributed by atoms with Crippen LogP contribution in [0.1, 0.15) is 29.2 Å². The van der Waals surface area contributed by atoms with Crippen molar-refractivity contribution >= 4 is 11.4 Å². The topological polar surface area (TPSA) is 37.0 Å². The van der Waals surface area contributed by atoms with E-state index in [0.29, 0.717) is 0 Å². The third-order valence-corrected chi connectivity index (χ3v) is 6.82. The molecule has 1 unspecified atom stereocenters. The van der Waals surface area contributed by atoms with Crippen LogP contribution in [-0.4, -0.2) is 52.5 Å². The lowest BCUT2D eigenvalue weighted by molar-refractivity contribution is 0.116. The first kappa shape index (κ1) is 20.9. The maximum atomic E-state index is 6.46. The van der Waals surface area contributed by atoms with E-state index in [4.69, 9.17) is 9.47 Å². The van der Waals surface area contributed by atoms with E-state index in [1.54, 1.807) is 7.11 Å². The monoisotopic (exact) mass is 409 g/mol. The highest BCUT2D eigenvalue weighted by Crippen LogP contribution is 2.45. The second-order valence-electron chi connectivity index (χ2n) is 8.96. The average molecular weight is 410 g/mol. The lowest BCUT2D eigenvalue weighted by Gasteiger charge is -2.39. The number of rotatable bonds is 5. The van der Waals surface area contributed by atoms with E-state index in [1.807, 2.05) is 19.2 Å². The number of anilines is 2. The number of hydrogen-bond acceptors (Lipinski definition) is 5. The SMILES string of the molecule is CNCC1(C)Cc2c(C)c(N3CCN(c4ccc(OC)cc4)CC3)c(C)c(C)c2O1. The Labute approximate surface area is 181 Å². The van der Waals surface area contributed by atoms with E-state index in [0.717, 1.165) is 50.6 Å². The minimum absolute atomic E-state index is 0.162. The minimum atomic E-state index is -0.162. The van der Waals surface area contributed by atoms with Crippen LogP contribution in [0.4, 0.5) is 11.4 Å². The Morgan fingerprint density at radius 2 is 1.60 bits per heavy atom. The fourth-order valence-corrected chi connectivity index (χ4v) is 5.10. The number of benzene rings is 2. The van der Waals surface area contributed by atoms with Gasteiger partial charge in [-0.15, -0.1) is 0 Å². The van der Waals surface area contributed by atoms with E-state index in [-0.39, 0.29) is 5.60 Å². The molecule has 1 fully saturated rings. The van der Waals surface area contributed by atoms with Crippen LogP contribution in [0.5, 0.6) is 11.5 Å². The Kier molecular flexibility index (Phi) is 5.58. The molecule has 0 aromatic heterocycles. The lowest BCUT2D eigenvalue weighted by atomic mass is 9.91. The first-order valence-electron chi connectivity index (χ1n) is 11.0. The third kappa shape index (κ3) is 3.60. The Balaban J connectivity index is 1.55. The normalized spacial score (nSPS) is 20.9. The summed E-state index contributed by atoms with van der Waals surface area (Å²) in [6.45, 7) is 13.9. The quantitative estimate of drug-likeness (QED) is 0.812. The molecule has 0 spiro atoms. The van der Waals surface area contributed by atoms with Crippen LogP contribution in [0.2, 0.25) is 0 Å². The number of hydrogen-bond donors (Lipinski definition) is 1. The Bertz CT molecular complexity index is 917. The molecule has 2 aliphatic rings. The molecule has 5 heteroatoms. The molecule has 1 atom stereocenters. The van der Waals surface area contributed by atoms with Gasteiger partial charge in [0.2, 0.25) is 0 Å². The van der Waals surface area contributed by atoms with Crippen molar-refractivity contribution in [1.29, 1.82) is 0 Å². The first-order valence-corrected chi connectivity index (χ1v) is 11.0. The summed E-state index contributed by atoms with van der Waals surface area (Å²) >= 11 is 0. The van der Waals surface area contributed by atoms with E-state index in [9.17, 15) is 0 Å². The number of likely N-dealkylation sites (N-methyl/N-ethyl adjacent to an activating group) is 1. The van der Waals surface area contributed by atoms with Crippen molar-refractivity contribution in [1.82, 2.24) is 5.32 Å². The summed E-state index contributed by atoms with van der Waals surface area (Å²) in [5.74, 6) is 2.02. The third-order valence-electron chi connectivity index (χ3n) is 6.82. The van der Waals surface area contributed by atoms with Crippen LogP contribution in [0, 0.1) is 20.8 Å². The molecule has 2 aromatic carbocycles. The van der Waals surface area contributed by atoms with Crippen LogP contribution in [0.15, 0.2) is 24.3 Å². The standard InChI is InChI=1S/C25H35N3O2/c1-17-18(2)24-22(15-25(4,30-24)16-26-5)19(3)23(17)28-13-11-27(12-14-28)20-7-9-21(29-6)10-8-20/h7-10,26H,11-16H2,1-6H3. The molecule has 30 heavy (non-hydrogen) atoms. The molecule has 1 saturated heterocycles. The predicted octanol–water partition coefficient (Wildman–Crippen LogP) is 3.86. The molecular weight excluding hydrogens is 374 g/mol. The maximum Gasteiger partial charge on any atom is 0.127 e. The van der Waals surface area contributed by atoms with Crippen molar-refractivity contribution in [2.24, 2.45) is 0 Å². The molecule has 0 aliphatic carbocycles. The van der Waals surface area contributed by atoms with Crippen molar-refractivity contribution in [3.05, 3.63) is 46.5 Å². The Morgan fingerprint density at radius 3 is 2.20 bits per heavy atom. The highest BCUT2D eigenvalue weighted by Gasteiger charge is 2.38. The lowest BCUT2D eigenvalue weighted by Crippen LogP contribution is -2.47.